The number of carbonyl (C=O) groups is 4. The zero-order valence-corrected chi connectivity index (χ0v) is 17.5. The summed E-state index contributed by atoms with van der Waals surface area (Å²) in [4.78, 5) is 49.4. The number of aromatic carboxylic acids is 1. The monoisotopic (exact) mass is 470 g/mol. The molecule has 4 rings (SSSR count). The predicted octanol–water partition coefficient (Wildman–Crippen LogP) is 4.62. The fourth-order valence-corrected chi connectivity index (χ4v) is 3.52. The van der Waals surface area contributed by atoms with Gasteiger partial charge in [-0.25, -0.2) is 14.5 Å². The smallest absolute Gasteiger partial charge is 0.337 e. The number of anilines is 1. The molecule has 8 nitrogen and oxygen atoms in total. The first-order chi connectivity index (χ1) is 15.2. The summed E-state index contributed by atoms with van der Waals surface area (Å²) in [7, 11) is 0. The van der Waals surface area contributed by atoms with E-state index in [1.165, 1.54) is 42.5 Å². The van der Waals surface area contributed by atoms with E-state index in [0.717, 1.165) is 4.90 Å². The van der Waals surface area contributed by atoms with Crippen molar-refractivity contribution in [1.82, 2.24) is 5.32 Å². The molecule has 3 aromatic rings. The molecule has 0 spiro atoms. The Morgan fingerprint density at radius 2 is 1.81 bits per heavy atom. The molecule has 0 atom stereocenters. The lowest BCUT2D eigenvalue weighted by molar-refractivity contribution is -0.122. The maximum Gasteiger partial charge on any atom is 0.337 e. The number of hydrogen-bond acceptors (Lipinski definition) is 5. The summed E-state index contributed by atoms with van der Waals surface area (Å²) in [6.07, 6.45) is 1.21. The van der Waals surface area contributed by atoms with Crippen LogP contribution in [-0.2, 0) is 9.59 Å². The van der Waals surface area contributed by atoms with E-state index in [1.54, 1.807) is 18.2 Å². The molecular formula is C22H12Cl2N2O6. The number of urea groups is 1. The van der Waals surface area contributed by atoms with Crippen LogP contribution in [0.3, 0.4) is 0 Å². The number of furan rings is 1. The Kier molecular flexibility index (Phi) is 5.56. The minimum Gasteiger partial charge on any atom is -0.478 e. The Morgan fingerprint density at radius 1 is 1.03 bits per heavy atom. The number of hydrogen-bond donors (Lipinski definition) is 2. The van der Waals surface area contributed by atoms with Crippen molar-refractivity contribution in [2.75, 3.05) is 4.90 Å². The van der Waals surface area contributed by atoms with E-state index in [0.29, 0.717) is 16.3 Å². The number of amides is 4. The summed E-state index contributed by atoms with van der Waals surface area (Å²) in [5.41, 5.74) is 0.329. The molecule has 2 heterocycles. The summed E-state index contributed by atoms with van der Waals surface area (Å²) < 4.78 is 5.67. The molecule has 4 amide bonds. The van der Waals surface area contributed by atoms with Crippen LogP contribution in [-0.4, -0.2) is 28.9 Å². The molecule has 0 radical (unpaired) electrons. The van der Waals surface area contributed by atoms with Crippen molar-refractivity contribution in [3.8, 4) is 11.3 Å². The fourth-order valence-electron chi connectivity index (χ4n) is 3.08. The number of carbonyl (C=O) groups excluding carboxylic acids is 3. The highest BCUT2D eigenvalue weighted by Gasteiger charge is 2.37. The van der Waals surface area contributed by atoms with E-state index in [-0.39, 0.29) is 27.6 Å². The molecule has 0 aliphatic carbocycles. The average Bonchev–Trinajstić information content (AvgIpc) is 3.19. The number of nitrogens with zero attached hydrogens (tertiary/aromatic N) is 1. The van der Waals surface area contributed by atoms with Crippen LogP contribution in [0.4, 0.5) is 10.5 Å². The summed E-state index contributed by atoms with van der Waals surface area (Å²) in [5.74, 6) is -2.37. The van der Waals surface area contributed by atoms with Crippen LogP contribution in [0.2, 0.25) is 10.0 Å². The van der Waals surface area contributed by atoms with Gasteiger partial charge in [0.15, 0.2) is 0 Å². The topological polar surface area (TPSA) is 117 Å². The van der Waals surface area contributed by atoms with Crippen LogP contribution in [0.1, 0.15) is 16.1 Å². The molecule has 1 fully saturated rings. The first kappa shape index (κ1) is 21.4. The Hall–Kier alpha value is -3.88. The first-order valence-electron chi connectivity index (χ1n) is 9.04. The standard InChI is InChI=1S/C22H12Cl2N2O6/c23-12-2-1-3-13(9-12)26-20(28)16(19(27)25-22(26)31)10-14-5-7-18(32-14)11-4-6-15(21(29)30)17(24)8-11/h1-10H,(H,29,30)(H,25,27,31)/b16-10+. The second-order valence-corrected chi connectivity index (χ2v) is 7.48. The number of rotatable bonds is 4. The van der Waals surface area contributed by atoms with E-state index in [4.69, 9.17) is 32.7 Å². The maximum absolute atomic E-state index is 12.9. The number of barbiturate groups is 1. The lowest BCUT2D eigenvalue weighted by Gasteiger charge is -2.26. The van der Waals surface area contributed by atoms with Crippen LogP contribution in [0.5, 0.6) is 0 Å². The third-order valence-electron chi connectivity index (χ3n) is 4.57. The van der Waals surface area contributed by atoms with Crippen LogP contribution < -0.4 is 10.2 Å². The Bertz CT molecular complexity index is 1330. The highest BCUT2D eigenvalue weighted by atomic mass is 35.5. The van der Waals surface area contributed by atoms with Gasteiger partial charge in [0.2, 0.25) is 0 Å². The molecule has 32 heavy (non-hydrogen) atoms. The van der Waals surface area contributed by atoms with Gasteiger partial charge in [-0.05, 0) is 48.5 Å². The van der Waals surface area contributed by atoms with Gasteiger partial charge in [-0.1, -0.05) is 35.3 Å². The highest BCUT2D eigenvalue weighted by molar-refractivity contribution is 6.39. The maximum atomic E-state index is 12.9. The summed E-state index contributed by atoms with van der Waals surface area (Å²) >= 11 is 11.9. The second-order valence-electron chi connectivity index (χ2n) is 6.64. The molecule has 1 aliphatic heterocycles. The van der Waals surface area contributed by atoms with Crippen molar-refractivity contribution < 1.29 is 28.7 Å². The van der Waals surface area contributed by atoms with Crippen molar-refractivity contribution in [2.45, 2.75) is 0 Å². The van der Waals surface area contributed by atoms with Gasteiger partial charge in [-0.15, -0.1) is 0 Å². The third-order valence-corrected chi connectivity index (χ3v) is 5.11. The van der Waals surface area contributed by atoms with Gasteiger partial charge in [0.05, 0.1) is 16.3 Å². The van der Waals surface area contributed by atoms with Crippen LogP contribution >= 0.6 is 23.2 Å². The van der Waals surface area contributed by atoms with Crippen LogP contribution in [0, 0.1) is 0 Å². The van der Waals surface area contributed by atoms with Gasteiger partial charge in [-0.2, -0.15) is 0 Å². The molecule has 2 aromatic carbocycles. The minimum atomic E-state index is -1.16. The third kappa shape index (κ3) is 4.01. The Balaban J connectivity index is 1.66. The molecule has 0 unspecified atom stereocenters. The predicted molar refractivity (Wildman–Crippen MR) is 117 cm³/mol. The van der Waals surface area contributed by atoms with Crippen LogP contribution in [0.15, 0.2) is 64.6 Å². The van der Waals surface area contributed by atoms with E-state index < -0.39 is 23.8 Å². The SMILES string of the molecule is O=C1NC(=O)N(c2cccc(Cl)c2)C(=O)/C1=C/c1ccc(-c2ccc(C(=O)O)c(Cl)c2)o1. The minimum absolute atomic E-state index is 0.0313. The van der Waals surface area contributed by atoms with E-state index in [2.05, 4.69) is 5.32 Å². The second kappa shape index (κ2) is 8.33. The average molecular weight is 471 g/mol. The fraction of sp³-hybridized carbons (Fsp3) is 0. The molecule has 160 valence electrons. The summed E-state index contributed by atoms with van der Waals surface area (Å²) in [6, 6.07) is 12.6. The van der Waals surface area contributed by atoms with Crippen molar-refractivity contribution in [3.05, 3.63) is 81.5 Å². The Labute approximate surface area is 190 Å². The number of nitrogens with one attached hydrogen (secondary N) is 1. The van der Waals surface area contributed by atoms with Gasteiger partial charge in [0.1, 0.15) is 17.1 Å². The first-order valence-corrected chi connectivity index (χ1v) is 9.80. The molecule has 10 heteroatoms. The summed E-state index contributed by atoms with van der Waals surface area (Å²) in [5, 5.41) is 11.5. The number of halogens is 2. The lowest BCUT2D eigenvalue weighted by Crippen LogP contribution is -2.54. The number of imide groups is 2. The largest absolute Gasteiger partial charge is 0.478 e. The number of benzene rings is 2. The van der Waals surface area contributed by atoms with Gasteiger partial charge in [0.25, 0.3) is 11.8 Å². The van der Waals surface area contributed by atoms with Crippen molar-refractivity contribution in [1.29, 1.82) is 0 Å². The molecule has 1 saturated heterocycles. The number of carboxylic acids is 1. The molecule has 2 N–H and O–H groups in total. The normalized spacial score (nSPS) is 15.2. The van der Waals surface area contributed by atoms with Crippen molar-refractivity contribution in [2.24, 2.45) is 0 Å². The van der Waals surface area contributed by atoms with Crippen molar-refractivity contribution in [3.63, 3.8) is 0 Å². The van der Waals surface area contributed by atoms with Gasteiger partial charge >= 0.3 is 12.0 Å². The van der Waals surface area contributed by atoms with Gasteiger partial charge in [-0.3, -0.25) is 14.9 Å². The molecule has 1 aromatic heterocycles. The number of carboxylic acid groups (broad SMARTS) is 1. The van der Waals surface area contributed by atoms with E-state index >= 15 is 0 Å². The zero-order valence-electron chi connectivity index (χ0n) is 16.0. The zero-order chi connectivity index (χ0) is 23.0. The Morgan fingerprint density at radius 3 is 2.50 bits per heavy atom. The quantitative estimate of drug-likeness (QED) is 0.424. The molecule has 1 aliphatic rings. The lowest BCUT2D eigenvalue weighted by atomic mass is 10.1. The van der Waals surface area contributed by atoms with E-state index in [1.807, 2.05) is 0 Å². The van der Waals surface area contributed by atoms with Gasteiger partial charge in [0, 0.05) is 10.6 Å². The van der Waals surface area contributed by atoms with E-state index in [9.17, 15) is 19.2 Å². The van der Waals surface area contributed by atoms with Crippen LogP contribution in [0.25, 0.3) is 17.4 Å². The highest BCUT2D eigenvalue weighted by Crippen LogP contribution is 2.29. The molecular weight excluding hydrogens is 459 g/mol. The summed E-state index contributed by atoms with van der Waals surface area (Å²) in [6.45, 7) is 0. The molecule has 0 saturated carbocycles. The van der Waals surface area contributed by atoms with Crippen molar-refractivity contribution >= 4 is 58.8 Å². The molecule has 0 bridgehead atoms. The van der Waals surface area contributed by atoms with Gasteiger partial charge < -0.3 is 9.52 Å².